The zero-order valence-corrected chi connectivity index (χ0v) is 9.84. The number of benzene rings is 1. The van der Waals surface area contributed by atoms with Gasteiger partial charge in [0.2, 0.25) is 0 Å². The van der Waals surface area contributed by atoms with Gasteiger partial charge in [0.05, 0.1) is 16.7 Å². The maximum Gasteiger partial charge on any atom is 0.0890 e. The maximum absolute atomic E-state index is 6.09. The molecule has 0 bridgehead atoms. The van der Waals surface area contributed by atoms with Gasteiger partial charge in [-0.25, -0.2) is 4.98 Å². The van der Waals surface area contributed by atoms with E-state index in [2.05, 4.69) is 9.97 Å². The molecule has 1 aliphatic carbocycles. The number of rotatable bonds is 2. The average molecular weight is 227 g/mol. The van der Waals surface area contributed by atoms with E-state index in [0.717, 1.165) is 29.6 Å². The molecule has 2 atom stereocenters. The Labute approximate surface area is 101 Å². The predicted octanol–water partition coefficient (Wildman–Crippen LogP) is 2.30. The minimum Gasteiger partial charge on any atom is -0.327 e. The van der Waals surface area contributed by atoms with Gasteiger partial charge in [-0.3, -0.25) is 4.98 Å². The first-order valence-corrected chi connectivity index (χ1v) is 6.29. The van der Waals surface area contributed by atoms with Crippen molar-refractivity contribution in [3.05, 3.63) is 36.2 Å². The van der Waals surface area contributed by atoms with Gasteiger partial charge >= 0.3 is 0 Å². The number of hydrogen-bond acceptors (Lipinski definition) is 3. The molecule has 1 saturated carbocycles. The van der Waals surface area contributed by atoms with E-state index < -0.39 is 0 Å². The Morgan fingerprint density at radius 2 is 2.00 bits per heavy atom. The van der Waals surface area contributed by atoms with Crippen molar-refractivity contribution in [1.82, 2.24) is 9.97 Å². The van der Waals surface area contributed by atoms with Crippen molar-refractivity contribution in [2.75, 3.05) is 0 Å². The summed E-state index contributed by atoms with van der Waals surface area (Å²) in [6.45, 7) is 0. The van der Waals surface area contributed by atoms with Crippen LogP contribution in [-0.2, 0) is 6.42 Å². The Kier molecular flexibility index (Phi) is 2.77. The largest absolute Gasteiger partial charge is 0.327 e. The first-order chi connectivity index (χ1) is 8.33. The van der Waals surface area contributed by atoms with Crippen LogP contribution in [0.4, 0.5) is 0 Å². The van der Waals surface area contributed by atoms with Crippen LogP contribution in [0.25, 0.3) is 11.0 Å². The van der Waals surface area contributed by atoms with E-state index in [1.165, 1.54) is 12.8 Å². The molecule has 0 radical (unpaired) electrons. The van der Waals surface area contributed by atoms with Crippen LogP contribution in [0.2, 0.25) is 0 Å². The molecule has 0 aliphatic heterocycles. The van der Waals surface area contributed by atoms with E-state index in [1.54, 1.807) is 0 Å². The van der Waals surface area contributed by atoms with E-state index in [9.17, 15) is 0 Å². The third-order valence-corrected chi connectivity index (χ3v) is 3.69. The highest BCUT2D eigenvalue weighted by Crippen LogP contribution is 2.26. The molecule has 1 heterocycles. The van der Waals surface area contributed by atoms with Crippen LogP contribution in [0.1, 0.15) is 25.0 Å². The molecule has 3 heteroatoms. The van der Waals surface area contributed by atoms with Gasteiger partial charge in [0.15, 0.2) is 0 Å². The smallest absolute Gasteiger partial charge is 0.0890 e. The van der Waals surface area contributed by atoms with Crippen molar-refractivity contribution in [3.63, 3.8) is 0 Å². The van der Waals surface area contributed by atoms with Crippen molar-refractivity contribution in [1.29, 1.82) is 0 Å². The second-order valence-corrected chi connectivity index (χ2v) is 4.91. The van der Waals surface area contributed by atoms with Gasteiger partial charge < -0.3 is 5.73 Å². The van der Waals surface area contributed by atoms with Crippen LogP contribution in [0, 0.1) is 5.92 Å². The highest BCUT2D eigenvalue weighted by atomic mass is 14.8. The lowest BCUT2D eigenvalue weighted by atomic mass is 9.98. The van der Waals surface area contributed by atoms with Gasteiger partial charge in [0.25, 0.3) is 0 Å². The lowest BCUT2D eigenvalue weighted by molar-refractivity contribution is 0.474. The van der Waals surface area contributed by atoms with Crippen molar-refractivity contribution in [2.45, 2.75) is 31.7 Å². The molecule has 0 spiro atoms. The predicted molar refractivity (Wildman–Crippen MR) is 68.6 cm³/mol. The summed E-state index contributed by atoms with van der Waals surface area (Å²) in [5, 5.41) is 0. The van der Waals surface area contributed by atoms with Crippen LogP contribution in [-0.4, -0.2) is 16.0 Å². The monoisotopic (exact) mass is 227 g/mol. The van der Waals surface area contributed by atoms with E-state index in [-0.39, 0.29) is 0 Å². The van der Waals surface area contributed by atoms with Crippen LogP contribution in [0.15, 0.2) is 30.5 Å². The minimum atomic E-state index is 0.350. The van der Waals surface area contributed by atoms with Crippen molar-refractivity contribution in [3.8, 4) is 0 Å². The molecular weight excluding hydrogens is 210 g/mol. The van der Waals surface area contributed by atoms with E-state index in [0.29, 0.717) is 12.0 Å². The average Bonchev–Trinajstić information content (AvgIpc) is 2.75. The third-order valence-electron chi connectivity index (χ3n) is 3.69. The molecule has 1 aromatic heterocycles. The van der Waals surface area contributed by atoms with E-state index in [1.807, 2.05) is 30.5 Å². The number of fused-ring (bicyclic) bond motifs is 1. The quantitative estimate of drug-likeness (QED) is 0.856. The van der Waals surface area contributed by atoms with Gasteiger partial charge in [-0.15, -0.1) is 0 Å². The highest BCUT2D eigenvalue weighted by molar-refractivity contribution is 5.73. The van der Waals surface area contributed by atoms with E-state index in [4.69, 9.17) is 5.73 Å². The summed E-state index contributed by atoms with van der Waals surface area (Å²) in [5.41, 5.74) is 9.11. The number of nitrogens with two attached hydrogens (primary N) is 1. The van der Waals surface area contributed by atoms with Crippen LogP contribution in [0.3, 0.4) is 0 Å². The molecule has 2 N–H and O–H groups in total. The fourth-order valence-electron chi connectivity index (χ4n) is 2.68. The van der Waals surface area contributed by atoms with Crippen molar-refractivity contribution >= 4 is 11.0 Å². The Morgan fingerprint density at radius 3 is 2.76 bits per heavy atom. The fourth-order valence-corrected chi connectivity index (χ4v) is 2.68. The molecule has 3 rings (SSSR count). The summed E-state index contributed by atoms with van der Waals surface area (Å²) in [6, 6.07) is 8.35. The van der Waals surface area contributed by atoms with Gasteiger partial charge in [0.1, 0.15) is 0 Å². The molecule has 0 unspecified atom stereocenters. The molecule has 1 aliphatic rings. The summed E-state index contributed by atoms with van der Waals surface area (Å²) in [4.78, 5) is 9.10. The van der Waals surface area contributed by atoms with Crippen LogP contribution < -0.4 is 5.73 Å². The lowest BCUT2D eigenvalue weighted by Gasteiger charge is -2.14. The van der Waals surface area contributed by atoms with Gasteiger partial charge in [-0.05, 0) is 37.3 Å². The maximum atomic E-state index is 6.09. The Bertz CT molecular complexity index is 524. The number of nitrogens with zero attached hydrogens (tertiary/aromatic N) is 2. The summed E-state index contributed by atoms with van der Waals surface area (Å²) < 4.78 is 0. The lowest BCUT2D eigenvalue weighted by Crippen LogP contribution is -2.26. The SMILES string of the molecule is N[C@@H]1CCC[C@@H]1Cc1cnc2ccccc2n1. The summed E-state index contributed by atoms with van der Waals surface area (Å²) >= 11 is 0. The van der Waals surface area contributed by atoms with Gasteiger partial charge in [0, 0.05) is 12.2 Å². The molecule has 0 saturated heterocycles. The molecule has 17 heavy (non-hydrogen) atoms. The van der Waals surface area contributed by atoms with Crippen molar-refractivity contribution < 1.29 is 0 Å². The Balaban J connectivity index is 1.85. The summed E-state index contributed by atoms with van der Waals surface area (Å²) in [5.74, 6) is 0.588. The molecule has 0 amide bonds. The summed E-state index contributed by atoms with van der Waals surface area (Å²) in [6.07, 6.45) is 6.51. The number of aromatic nitrogens is 2. The number of hydrogen-bond donors (Lipinski definition) is 1. The zero-order chi connectivity index (χ0) is 11.7. The normalized spacial score (nSPS) is 24.3. The molecule has 1 aromatic carbocycles. The number of para-hydroxylation sites is 2. The molecule has 88 valence electrons. The second kappa shape index (κ2) is 4.41. The van der Waals surface area contributed by atoms with Gasteiger partial charge in [-0.1, -0.05) is 18.6 Å². The molecule has 2 aromatic rings. The van der Waals surface area contributed by atoms with Crippen LogP contribution in [0.5, 0.6) is 0 Å². The Morgan fingerprint density at radius 1 is 1.18 bits per heavy atom. The summed E-state index contributed by atoms with van der Waals surface area (Å²) in [7, 11) is 0. The topological polar surface area (TPSA) is 51.8 Å². The molecular formula is C14H17N3. The molecule has 1 fully saturated rings. The van der Waals surface area contributed by atoms with Crippen LogP contribution >= 0.6 is 0 Å². The fraction of sp³-hybridized carbons (Fsp3) is 0.429. The zero-order valence-electron chi connectivity index (χ0n) is 9.84. The van der Waals surface area contributed by atoms with E-state index >= 15 is 0 Å². The molecule has 3 nitrogen and oxygen atoms in total. The van der Waals surface area contributed by atoms with Crippen molar-refractivity contribution in [2.24, 2.45) is 11.7 Å². The van der Waals surface area contributed by atoms with Gasteiger partial charge in [-0.2, -0.15) is 0 Å². The first-order valence-electron chi connectivity index (χ1n) is 6.29. The minimum absolute atomic E-state index is 0.350. The second-order valence-electron chi connectivity index (χ2n) is 4.91. The Hall–Kier alpha value is -1.48. The first kappa shape index (κ1) is 10.7. The highest BCUT2D eigenvalue weighted by Gasteiger charge is 2.24. The third kappa shape index (κ3) is 2.15. The standard InChI is InChI=1S/C14H17N3/c15-12-5-3-4-10(12)8-11-9-16-13-6-1-2-7-14(13)17-11/h1-2,6-7,9-10,12H,3-5,8,15H2/t10-,12-/m1/s1.